The molecule has 0 spiro atoms. The molecule has 0 aromatic rings. The highest BCUT2D eigenvalue weighted by atomic mass is 28.4. The maximum atomic E-state index is 13.0. The number of unbranched alkanes of at least 4 members (excludes halogenated alkanes) is 15. The summed E-state index contributed by atoms with van der Waals surface area (Å²) in [5.41, 5.74) is 0. The van der Waals surface area contributed by atoms with E-state index in [1.54, 1.807) is 13.1 Å². The summed E-state index contributed by atoms with van der Waals surface area (Å²) in [6.45, 7) is 12.2. The van der Waals surface area contributed by atoms with Crippen LogP contribution >= 0.6 is 0 Å². The second kappa shape index (κ2) is 23.2. The molecule has 0 aromatic heterocycles. The molecule has 7 heteroatoms. The highest BCUT2D eigenvalue weighted by Crippen LogP contribution is 2.14. The lowest BCUT2D eigenvalue weighted by Gasteiger charge is -2.28. The summed E-state index contributed by atoms with van der Waals surface area (Å²) in [5.74, 6) is 0. The van der Waals surface area contributed by atoms with Gasteiger partial charge in [-0.2, -0.15) is 0 Å². The molecule has 0 saturated heterocycles. The van der Waals surface area contributed by atoms with Crippen molar-refractivity contribution in [3.8, 4) is 0 Å². The van der Waals surface area contributed by atoms with Crippen LogP contribution in [-0.4, -0.2) is 45.3 Å². The third kappa shape index (κ3) is 21.7. The summed E-state index contributed by atoms with van der Waals surface area (Å²) < 4.78 is 11.3. The zero-order chi connectivity index (χ0) is 26.2. The second-order valence-electron chi connectivity index (χ2n) is 10.4. The van der Waals surface area contributed by atoms with Crippen molar-refractivity contribution in [2.75, 3.05) is 19.6 Å². The lowest BCUT2D eigenvalue weighted by molar-refractivity contribution is 0.131. The van der Waals surface area contributed by atoms with Crippen LogP contribution in [0.2, 0.25) is 13.1 Å². The van der Waals surface area contributed by atoms with E-state index < -0.39 is 14.7 Å². The Morgan fingerprint density at radius 1 is 0.600 bits per heavy atom. The van der Waals surface area contributed by atoms with E-state index in [0.29, 0.717) is 19.6 Å². The number of nitrogens with one attached hydrogen (secondary N) is 1. The summed E-state index contributed by atoms with van der Waals surface area (Å²) in [7, 11) is -2.91. The van der Waals surface area contributed by atoms with E-state index in [4.69, 9.17) is 8.85 Å². The molecule has 0 saturated carbocycles. The van der Waals surface area contributed by atoms with Crippen LogP contribution in [0.15, 0.2) is 0 Å². The van der Waals surface area contributed by atoms with Crippen molar-refractivity contribution in [2.24, 2.45) is 0 Å². The molecule has 0 aliphatic rings. The van der Waals surface area contributed by atoms with Gasteiger partial charge in [-0.1, -0.05) is 117 Å². The molecule has 6 nitrogen and oxygen atoms in total. The second-order valence-corrected chi connectivity index (χ2v) is 13.6. The minimum absolute atomic E-state index is 0.326. The van der Waals surface area contributed by atoms with E-state index in [9.17, 15) is 9.59 Å². The molecule has 0 radical (unpaired) electrons. The Labute approximate surface area is 218 Å². The van der Waals surface area contributed by atoms with Gasteiger partial charge in [0, 0.05) is 32.7 Å². The lowest BCUT2D eigenvalue weighted by atomic mass is 10.1. The predicted octanol–water partition coefficient (Wildman–Crippen LogP) is 8.93. The third-order valence-electron chi connectivity index (χ3n) is 6.29. The van der Waals surface area contributed by atoms with Gasteiger partial charge in [-0.25, -0.2) is 9.59 Å². The maximum absolute atomic E-state index is 13.0. The molecule has 1 N–H and O–H groups in total. The first kappa shape index (κ1) is 33.8. The van der Waals surface area contributed by atoms with Gasteiger partial charge in [0.25, 0.3) is 0 Å². The number of nitrogens with zero attached hydrogens (tertiary/aromatic N) is 1. The zero-order valence-corrected chi connectivity index (χ0v) is 24.9. The van der Waals surface area contributed by atoms with E-state index >= 15 is 0 Å². The molecule has 0 unspecified atom stereocenters. The number of rotatable bonds is 23. The number of hydrogen-bond acceptors (Lipinski definition) is 4. The van der Waals surface area contributed by atoms with Gasteiger partial charge in [0.2, 0.25) is 0 Å². The highest BCUT2D eigenvalue weighted by molar-refractivity contribution is 6.67. The minimum Gasteiger partial charge on any atom is -0.469 e. The molecular weight excluding hydrogens is 456 g/mol. The highest BCUT2D eigenvalue weighted by Gasteiger charge is 2.35. The van der Waals surface area contributed by atoms with E-state index in [1.165, 1.54) is 77.0 Å². The monoisotopic (exact) mass is 514 g/mol. The topological polar surface area (TPSA) is 67.9 Å². The lowest BCUT2D eigenvalue weighted by Crippen LogP contribution is -2.46. The van der Waals surface area contributed by atoms with E-state index in [-0.39, 0.29) is 6.09 Å². The van der Waals surface area contributed by atoms with Crippen molar-refractivity contribution in [2.45, 2.75) is 149 Å². The van der Waals surface area contributed by atoms with E-state index in [2.05, 4.69) is 26.1 Å². The molecule has 208 valence electrons. The Hall–Kier alpha value is -1.24. The van der Waals surface area contributed by atoms with Crippen molar-refractivity contribution >= 4 is 20.7 Å². The first-order chi connectivity index (χ1) is 16.9. The van der Waals surface area contributed by atoms with Gasteiger partial charge < -0.3 is 19.1 Å². The first-order valence-corrected chi connectivity index (χ1v) is 17.6. The molecule has 0 heterocycles. The van der Waals surface area contributed by atoms with E-state index in [1.807, 2.05) is 4.90 Å². The molecule has 2 amide bonds. The Morgan fingerprint density at radius 2 is 1.00 bits per heavy atom. The molecular formula is C28H58N2O4Si. The molecule has 0 atom stereocenters. The van der Waals surface area contributed by atoms with Crippen molar-refractivity contribution in [3.05, 3.63) is 0 Å². The number of carbonyl (C=O) groups excluding carboxylic acids is 2. The number of carbonyl (C=O) groups is 2. The molecule has 0 aromatic carbocycles. The van der Waals surface area contributed by atoms with Gasteiger partial charge in [-0.15, -0.1) is 0 Å². The normalized spacial score (nSPS) is 11.3. The summed E-state index contributed by atoms with van der Waals surface area (Å²) in [6.07, 6.45) is 20.5. The Kier molecular flexibility index (Phi) is 22.4. The van der Waals surface area contributed by atoms with Crippen molar-refractivity contribution in [1.82, 2.24) is 10.2 Å². The molecule has 35 heavy (non-hydrogen) atoms. The Balaban J connectivity index is 4.47. The van der Waals surface area contributed by atoms with Crippen LogP contribution in [0, 0.1) is 0 Å². The van der Waals surface area contributed by atoms with E-state index in [0.717, 1.165) is 38.5 Å². The molecule has 0 bridgehead atoms. The van der Waals surface area contributed by atoms with Crippen molar-refractivity contribution < 1.29 is 18.4 Å². The van der Waals surface area contributed by atoms with Gasteiger partial charge in [-0.05, 0) is 19.3 Å². The average Bonchev–Trinajstić information content (AvgIpc) is 2.80. The minimum atomic E-state index is -2.91. The summed E-state index contributed by atoms with van der Waals surface area (Å²) in [5, 5.41) is 2.82. The van der Waals surface area contributed by atoms with Crippen LogP contribution in [0.3, 0.4) is 0 Å². The predicted molar refractivity (Wildman–Crippen MR) is 150 cm³/mol. The summed E-state index contributed by atoms with van der Waals surface area (Å²) in [4.78, 5) is 27.1. The summed E-state index contributed by atoms with van der Waals surface area (Å²) >= 11 is 0. The first-order valence-electron chi connectivity index (χ1n) is 14.8. The number of hydrogen-bond donors (Lipinski definition) is 1. The van der Waals surface area contributed by atoms with Gasteiger partial charge in [0.1, 0.15) is 0 Å². The summed E-state index contributed by atoms with van der Waals surface area (Å²) in [6, 6.07) is 0. The fourth-order valence-corrected chi connectivity index (χ4v) is 5.22. The van der Waals surface area contributed by atoms with Crippen LogP contribution < -0.4 is 5.32 Å². The standard InChI is InChI=1S/C28H58N2O4Si/c1-6-9-12-15-18-21-24-29-27(31)33-35(4,5)34-28(32)30(25-22-19-16-13-10-7-2)26-23-20-17-14-11-8-3/h6-26H2,1-5H3,(H,29,31). The molecule has 0 aliphatic carbocycles. The van der Waals surface area contributed by atoms with Crippen LogP contribution in [0.1, 0.15) is 136 Å². The average molecular weight is 515 g/mol. The molecule has 0 fully saturated rings. The van der Waals surface area contributed by atoms with Crippen LogP contribution in [-0.2, 0) is 8.85 Å². The van der Waals surface area contributed by atoms with Crippen molar-refractivity contribution in [1.29, 1.82) is 0 Å². The smallest absolute Gasteiger partial charge is 0.460 e. The van der Waals surface area contributed by atoms with Gasteiger partial charge >= 0.3 is 20.7 Å². The van der Waals surface area contributed by atoms with Crippen LogP contribution in [0.4, 0.5) is 9.59 Å². The fourth-order valence-electron chi connectivity index (χ4n) is 4.11. The van der Waals surface area contributed by atoms with Crippen molar-refractivity contribution in [3.63, 3.8) is 0 Å². The maximum Gasteiger partial charge on any atom is 0.460 e. The van der Waals surface area contributed by atoms with Crippen LogP contribution in [0.25, 0.3) is 0 Å². The largest absolute Gasteiger partial charge is 0.469 e. The Bertz CT molecular complexity index is 501. The SMILES string of the molecule is CCCCCCCCNC(=O)O[Si](C)(C)OC(=O)N(CCCCCCCC)CCCCCCCC. The van der Waals surface area contributed by atoms with Gasteiger partial charge in [0.05, 0.1) is 0 Å². The molecule has 0 rings (SSSR count). The van der Waals surface area contributed by atoms with Gasteiger partial charge in [0.15, 0.2) is 0 Å². The number of amides is 2. The van der Waals surface area contributed by atoms with Crippen LogP contribution in [0.5, 0.6) is 0 Å². The molecule has 0 aliphatic heterocycles. The fraction of sp³-hybridized carbons (Fsp3) is 0.929. The Morgan fingerprint density at radius 3 is 1.46 bits per heavy atom. The zero-order valence-electron chi connectivity index (χ0n) is 23.9. The quantitative estimate of drug-likeness (QED) is 0.109. The van der Waals surface area contributed by atoms with Gasteiger partial charge in [-0.3, -0.25) is 0 Å². The third-order valence-corrected chi connectivity index (χ3v) is 7.64.